The van der Waals surface area contributed by atoms with Crippen LogP contribution in [0.4, 0.5) is 14.5 Å². The zero-order valence-corrected chi connectivity index (χ0v) is 13.5. The Morgan fingerprint density at radius 2 is 1.95 bits per heavy atom. The number of halogens is 4. The summed E-state index contributed by atoms with van der Waals surface area (Å²) in [4.78, 5) is 12.4. The normalized spacial score (nSPS) is 10.6. The van der Waals surface area contributed by atoms with Crippen LogP contribution in [0.1, 0.15) is 15.2 Å². The van der Waals surface area contributed by atoms with Crippen molar-refractivity contribution >= 4 is 54.8 Å². The number of aryl methyl sites for hydroxylation is 1. The number of hydrogen-bond donors (Lipinski definition) is 1. The standard InChI is InChI=1S/C12H7Br2F2NOS/c1-5-2-9(19-11(5)14)12(18)17-10-7(13)3-6(15)4-8(10)16/h2-4H,1H3,(H,17,18). The molecule has 0 saturated carbocycles. The molecule has 1 aromatic heterocycles. The SMILES string of the molecule is Cc1cc(C(=O)Nc2c(F)cc(F)cc2Br)sc1Br. The smallest absolute Gasteiger partial charge is 0.265 e. The quantitative estimate of drug-likeness (QED) is 0.732. The Hall–Kier alpha value is -0.790. The van der Waals surface area contributed by atoms with Crippen LogP contribution < -0.4 is 5.32 Å². The number of thiophene rings is 1. The van der Waals surface area contributed by atoms with E-state index in [1.165, 1.54) is 11.3 Å². The van der Waals surface area contributed by atoms with Crippen molar-refractivity contribution in [1.29, 1.82) is 0 Å². The second kappa shape index (κ2) is 5.68. The minimum absolute atomic E-state index is 0.0754. The van der Waals surface area contributed by atoms with Gasteiger partial charge in [0.05, 0.1) is 14.4 Å². The van der Waals surface area contributed by atoms with Crippen LogP contribution in [0.5, 0.6) is 0 Å². The third kappa shape index (κ3) is 3.21. The van der Waals surface area contributed by atoms with Crippen molar-refractivity contribution < 1.29 is 13.6 Å². The van der Waals surface area contributed by atoms with E-state index in [1.54, 1.807) is 6.07 Å². The van der Waals surface area contributed by atoms with Gasteiger partial charge in [-0.1, -0.05) is 0 Å². The lowest BCUT2D eigenvalue weighted by Crippen LogP contribution is -2.12. The highest BCUT2D eigenvalue weighted by molar-refractivity contribution is 9.11. The third-order valence-corrected chi connectivity index (χ3v) is 5.09. The number of amides is 1. The summed E-state index contributed by atoms with van der Waals surface area (Å²) in [7, 11) is 0. The number of benzene rings is 1. The van der Waals surface area contributed by atoms with Gasteiger partial charge in [0.25, 0.3) is 5.91 Å². The molecule has 0 radical (unpaired) electrons. The number of nitrogens with one attached hydrogen (secondary N) is 1. The molecule has 0 bridgehead atoms. The van der Waals surface area contributed by atoms with Crippen LogP contribution in [0, 0.1) is 18.6 Å². The highest BCUT2D eigenvalue weighted by Crippen LogP contribution is 2.30. The minimum atomic E-state index is -0.826. The molecule has 0 aliphatic rings. The molecule has 0 atom stereocenters. The zero-order valence-electron chi connectivity index (χ0n) is 9.56. The van der Waals surface area contributed by atoms with Crippen LogP contribution in [0.3, 0.4) is 0 Å². The fraction of sp³-hybridized carbons (Fsp3) is 0.0833. The van der Waals surface area contributed by atoms with Gasteiger partial charge in [0, 0.05) is 10.5 Å². The summed E-state index contributed by atoms with van der Waals surface area (Å²) in [5.74, 6) is -1.98. The summed E-state index contributed by atoms with van der Waals surface area (Å²) < 4.78 is 27.5. The van der Waals surface area contributed by atoms with Gasteiger partial charge in [0.15, 0.2) is 5.82 Å². The van der Waals surface area contributed by atoms with Crippen molar-refractivity contribution in [2.75, 3.05) is 5.32 Å². The Bertz CT molecular complexity index is 615. The van der Waals surface area contributed by atoms with Crippen LogP contribution in [-0.2, 0) is 0 Å². The molecule has 7 heteroatoms. The summed E-state index contributed by atoms with van der Waals surface area (Å²) in [5, 5.41) is 2.42. The van der Waals surface area contributed by atoms with Gasteiger partial charge < -0.3 is 5.32 Å². The number of carbonyl (C=O) groups excluding carboxylic acids is 1. The Kier molecular flexibility index (Phi) is 4.37. The molecule has 2 rings (SSSR count). The lowest BCUT2D eigenvalue weighted by atomic mass is 10.3. The number of carbonyl (C=O) groups is 1. The maximum absolute atomic E-state index is 13.6. The molecule has 1 N–H and O–H groups in total. The van der Waals surface area contributed by atoms with Gasteiger partial charge in [-0.05, 0) is 56.5 Å². The van der Waals surface area contributed by atoms with Crippen molar-refractivity contribution in [2.45, 2.75) is 6.92 Å². The zero-order chi connectivity index (χ0) is 14.2. The summed E-state index contributed by atoms with van der Waals surface area (Å²) in [6, 6.07) is 3.50. The van der Waals surface area contributed by atoms with Crippen molar-refractivity contribution in [1.82, 2.24) is 0 Å². The minimum Gasteiger partial charge on any atom is -0.318 e. The lowest BCUT2D eigenvalue weighted by Gasteiger charge is -2.07. The number of rotatable bonds is 2. The molecule has 1 heterocycles. The topological polar surface area (TPSA) is 29.1 Å². The fourth-order valence-electron chi connectivity index (χ4n) is 1.41. The van der Waals surface area contributed by atoms with Gasteiger partial charge >= 0.3 is 0 Å². The average Bonchev–Trinajstić information content (AvgIpc) is 2.64. The molecule has 100 valence electrons. The highest BCUT2D eigenvalue weighted by Gasteiger charge is 2.16. The van der Waals surface area contributed by atoms with E-state index in [-0.39, 0.29) is 10.2 Å². The Morgan fingerprint density at radius 3 is 2.47 bits per heavy atom. The summed E-state index contributed by atoms with van der Waals surface area (Å²) >= 11 is 7.58. The molecule has 0 spiro atoms. The van der Waals surface area contributed by atoms with E-state index in [2.05, 4.69) is 37.2 Å². The van der Waals surface area contributed by atoms with Gasteiger partial charge in [-0.15, -0.1) is 11.3 Å². The largest absolute Gasteiger partial charge is 0.318 e. The summed E-state index contributed by atoms with van der Waals surface area (Å²) in [6.07, 6.45) is 0. The second-order valence-corrected chi connectivity index (χ2v) is 6.99. The highest BCUT2D eigenvalue weighted by atomic mass is 79.9. The Balaban J connectivity index is 2.29. The molecule has 1 amide bonds. The van der Waals surface area contributed by atoms with Crippen LogP contribution in [-0.4, -0.2) is 5.91 Å². The molecule has 0 unspecified atom stereocenters. The first-order valence-electron chi connectivity index (χ1n) is 5.10. The predicted octanol–water partition coefficient (Wildman–Crippen LogP) is 5.11. The van der Waals surface area contributed by atoms with Crippen molar-refractivity contribution in [2.24, 2.45) is 0 Å². The van der Waals surface area contributed by atoms with E-state index >= 15 is 0 Å². The molecule has 2 nitrogen and oxygen atoms in total. The molecule has 19 heavy (non-hydrogen) atoms. The van der Waals surface area contributed by atoms with Crippen LogP contribution in [0.25, 0.3) is 0 Å². The first-order chi connectivity index (χ1) is 8.88. The maximum Gasteiger partial charge on any atom is 0.265 e. The summed E-state index contributed by atoms with van der Waals surface area (Å²) in [5.41, 5.74) is 0.849. The third-order valence-electron chi connectivity index (χ3n) is 2.33. The van der Waals surface area contributed by atoms with Crippen LogP contribution in [0.2, 0.25) is 0 Å². The van der Waals surface area contributed by atoms with Crippen molar-refractivity contribution in [3.05, 3.63) is 48.5 Å². The van der Waals surface area contributed by atoms with Gasteiger partial charge in [-0.2, -0.15) is 0 Å². The van der Waals surface area contributed by atoms with Crippen molar-refractivity contribution in [3.63, 3.8) is 0 Å². The molecular weight excluding hydrogens is 404 g/mol. The fourth-order valence-corrected chi connectivity index (χ4v) is 3.35. The number of anilines is 1. The Morgan fingerprint density at radius 1 is 1.26 bits per heavy atom. The van der Waals surface area contributed by atoms with Gasteiger partial charge in [-0.3, -0.25) is 4.79 Å². The van der Waals surface area contributed by atoms with E-state index < -0.39 is 17.5 Å². The van der Waals surface area contributed by atoms with Crippen LogP contribution in [0.15, 0.2) is 26.5 Å². The molecular formula is C12H7Br2F2NOS. The number of hydrogen-bond acceptors (Lipinski definition) is 2. The van der Waals surface area contributed by atoms with Gasteiger partial charge in [0.2, 0.25) is 0 Å². The second-order valence-electron chi connectivity index (χ2n) is 3.77. The molecule has 0 aliphatic carbocycles. The molecule has 1 aromatic carbocycles. The Labute approximate surface area is 129 Å². The average molecular weight is 411 g/mol. The predicted molar refractivity (Wildman–Crippen MR) is 78.8 cm³/mol. The molecule has 2 aromatic rings. The van der Waals surface area contributed by atoms with E-state index in [1.807, 2.05) is 6.92 Å². The summed E-state index contributed by atoms with van der Waals surface area (Å²) in [6.45, 7) is 1.85. The first kappa shape index (κ1) is 14.6. The first-order valence-corrected chi connectivity index (χ1v) is 7.50. The van der Waals surface area contributed by atoms with Crippen LogP contribution >= 0.6 is 43.2 Å². The van der Waals surface area contributed by atoms with Gasteiger partial charge in [-0.25, -0.2) is 8.78 Å². The van der Waals surface area contributed by atoms with E-state index in [0.717, 1.165) is 21.5 Å². The maximum atomic E-state index is 13.6. The monoisotopic (exact) mass is 409 g/mol. The van der Waals surface area contributed by atoms with Gasteiger partial charge in [0.1, 0.15) is 5.82 Å². The van der Waals surface area contributed by atoms with Crippen molar-refractivity contribution in [3.8, 4) is 0 Å². The van der Waals surface area contributed by atoms with E-state index in [9.17, 15) is 13.6 Å². The lowest BCUT2D eigenvalue weighted by molar-refractivity contribution is 0.103. The van der Waals surface area contributed by atoms with E-state index in [0.29, 0.717) is 4.88 Å². The molecule has 0 aliphatic heterocycles. The van der Waals surface area contributed by atoms with E-state index in [4.69, 9.17) is 0 Å². The molecule has 0 saturated heterocycles. The molecule has 0 fully saturated rings.